The first-order valence-electron chi connectivity index (χ1n) is 6.85. The topological polar surface area (TPSA) is 71.8 Å². The SMILES string of the molecule is CCNc1ncc(F)cc1C(=O)NCCCn1cccn1. The van der Waals surface area contributed by atoms with Gasteiger partial charge in [-0.1, -0.05) is 0 Å². The van der Waals surface area contributed by atoms with E-state index in [0.29, 0.717) is 18.9 Å². The molecule has 0 saturated heterocycles. The molecule has 0 bridgehead atoms. The van der Waals surface area contributed by atoms with Crippen LogP contribution in [0.2, 0.25) is 0 Å². The second-order valence-electron chi connectivity index (χ2n) is 4.46. The van der Waals surface area contributed by atoms with Gasteiger partial charge in [-0.3, -0.25) is 9.48 Å². The Kier molecular flexibility index (Phi) is 5.25. The zero-order valence-corrected chi connectivity index (χ0v) is 11.8. The molecule has 7 heteroatoms. The number of aryl methyl sites for hydroxylation is 1. The lowest BCUT2D eigenvalue weighted by atomic mass is 10.2. The summed E-state index contributed by atoms with van der Waals surface area (Å²) in [4.78, 5) is 16.0. The Hall–Kier alpha value is -2.44. The minimum absolute atomic E-state index is 0.218. The van der Waals surface area contributed by atoms with E-state index in [4.69, 9.17) is 0 Å². The number of pyridine rings is 1. The van der Waals surface area contributed by atoms with E-state index in [9.17, 15) is 9.18 Å². The number of carbonyl (C=O) groups is 1. The predicted molar refractivity (Wildman–Crippen MR) is 77.5 cm³/mol. The summed E-state index contributed by atoms with van der Waals surface area (Å²) in [7, 11) is 0. The fraction of sp³-hybridized carbons (Fsp3) is 0.357. The Bertz CT molecular complexity index is 585. The summed E-state index contributed by atoms with van der Waals surface area (Å²) in [5, 5.41) is 9.78. The number of aromatic nitrogens is 3. The third kappa shape index (κ3) is 4.27. The molecule has 0 fully saturated rings. The lowest BCUT2D eigenvalue weighted by Crippen LogP contribution is -2.26. The van der Waals surface area contributed by atoms with Gasteiger partial charge in [0.25, 0.3) is 5.91 Å². The van der Waals surface area contributed by atoms with Crippen molar-refractivity contribution in [3.05, 3.63) is 42.1 Å². The molecule has 0 radical (unpaired) electrons. The predicted octanol–water partition coefficient (Wildman–Crippen LogP) is 1.67. The van der Waals surface area contributed by atoms with Crippen molar-refractivity contribution in [2.24, 2.45) is 0 Å². The molecule has 0 spiro atoms. The molecular formula is C14H18FN5O. The average molecular weight is 291 g/mol. The molecular weight excluding hydrogens is 273 g/mol. The summed E-state index contributed by atoms with van der Waals surface area (Å²) in [6.07, 6.45) is 5.40. The van der Waals surface area contributed by atoms with Gasteiger partial charge in [0.15, 0.2) is 0 Å². The van der Waals surface area contributed by atoms with E-state index >= 15 is 0 Å². The normalized spacial score (nSPS) is 10.4. The van der Waals surface area contributed by atoms with E-state index < -0.39 is 5.82 Å². The number of anilines is 1. The van der Waals surface area contributed by atoms with Crippen molar-refractivity contribution in [2.45, 2.75) is 19.9 Å². The maximum Gasteiger partial charge on any atom is 0.255 e. The molecule has 0 aliphatic carbocycles. The van der Waals surface area contributed by atoms with E-state index in [0.717, 1.165) is 19.2 Å². The molecule has 112 valence electrons. The summed E-state index contributed by atoms with van der Waals surface area (Å²) < 4.78 is 15.0. The van der Waals surface area contributed by atoms with Crippen molar-refractivity contribution in [2.75, 3.05) is 18.4 Å². The van der Waals surface area contributed by atoms with Gasteiger partial charge in [0.1, 0.15) is 11.6 Å². The highest BCUT2D eigenvalue weighted by Gasteiger charge is 2.13. The van der Waals surface area contributed by atoms with E-state index in [-0.39, 0.29) is 11.5 Å². The molecule has 0 aliphatic rings. The fourth-order valence-electron chi connectivity index (χ4n) is 1.89. The number of carbonyl (C=O) groups excluding carboxylic acids is 1. The minimum Gasteiger partial charge on any atom is -0.370 e. The molecule has 0 aliphatic heterocycles. The Morgan fingerprint density at radius 2 is 2.33 bits per heavy atom. The highest BCUT2D eigenvalue weighted by atomic mass is 19.1. The molecule has 0 unspecified atom stereocenters. The first kappa shape index (κ1) is 15.0. The van der Waals surface area contributed by atoms with Crippen LogP contribution in [-0.2, 0) is 6.54 Å². The number of halogens is 1. The van der Waals surface area contributed by atoms with Gasteiger partial charge in [-0.15, -0.1) is 0 Å². The quantitative estimate of drug-likeness (QED) is 0.761. The maximum atomic E-state index is 13.2. The van der Waals surface area contributed by atoms with Crippen LogP contribution in [0.3, 0.4) is 0 Å². The standard InChI is InChI=1S/C14H18FN5O/c1-2-16-13-12(9-11(15)10-18-13)14(21)17-5-3-7-20-8-4-6-19-20/h4,6,8-10H,2-3,5,7H2,1H3,(H,16,18)(H,17,21). The van der Waals surface area contributed by atoms with Gasteiger partial charge in [0.05, 0.1) is 11.8 Å². The van der Waals surface area contributed by atoms with Crippen LogP contribution in [-0.4, -0.2) is 33.8 Å². The second-order valence-corrected chi connectivity index (χ2v) is 4.46. The van der Waals surface area contributed by atoms with Gasteiger partial charge < -0.3 is 10.6 Å². The summed E-state index contributed by atoms with van der Waals surface area (Å²) in [6, 6.07) is 3.04. The molecule has 6 nitrogen and oxygen atoms in total. The largest absolute Gasteiger partial charge is 0.370 e. The van der Waals surface area contributed by atoms with Gasteiger partial charge in [-0.05, 0) is 25.5 Å². The number of nitrogens with one attached hydrogen (secondary N) is 2. The highest BCUT2D eigenvalue weighted by molar-refractivity contribution is 5.98. The van der Waals surface area contributed by atoms with E-state index in [1.807, 2.05) is 19.2 Å². The third-order valence-corrected chi connectivity index (χ3v) is 2.85. The van der Waals surface area contributed by atoms with Gasteiger partial charge in [0.2, 0.25) is 0 Å². The monoisotopic (exact) mass is 291 g/mol. The molecule has 0 aromatic carbocycles. The molecule has 2 N–H and O–H groups in total. The first-order chi connectivity index (χ1) is 10.2. The number of hydrogen-bond donors (Lipinski definition) is 2. The Morgan fingerprint density at radius 1 is 1.48 bits per heavy atom. The van der Waals surface area contributed by atoms with Crippen LogP contribution < -0.4 is 10.6 Å². The summed E-state index contributed by atoms with van der Waals surface area (Å²) in [5.41, 5.74) is 0.218. The Balaban J connectivity index is 1.88. The highest BCUT2D eigenvalue weighted by Crippen LogP contribution is 2.13. The minimum atomic E-state index is -0.529. The molecule has 2 aromatic rings. The van der Waals surface area contributed by atoms with Crippen LogP contribution in [0.4, 0.5) is 10.2 Å². The van der Waals surface area contributed by atoms with Crippen LogP contribution in [0, 0.1) is 5.82 Å². The lowest BCUT2D eigenvalue weighted by molar-refractivity contribution is 0.0952. The number of amides is 1. The zero-order chi connectivity index (χ0) is 15.1. The van der Waals surface area contributed by atoms with E-state index in [2.05, 4.69) is 20.7 Å². The first-order valence-corrected chi connectivity index (χ1v) is 6.85. The van der Waals surface area contributed by atoms with E-state index in [1.54, 1.807) is 10.9 Å². The zero-order valence-electron chi connectivity index (χ0n) is 11.8. The molecule has 0 atom stereocenters. The fourth-order valence-corrected chi connectivity index (χ4v) is 1.89. The molecule has 21 heavy (non-hydrogen) atoms. The second kappa shape index (κ2) is 7.37. The molecule has 0 saturated carbocycles. The van der Waals surface area contributed by atoms with E-state index in [1.165, 1.54) is 6.07 Å². The van der Waals surface area contributed by atoms with Gasteiger partial charge in [0, 0.05) is 32.0 Å². The summed E-state index contributed by atoms with van der Waals surface area (Å²) >= 11 is 0. The average Bonchev–Trinajstić information content (AvgIpc) is 2.99. The van der Waals surface area contributed by atoms with Gasteiger partial charge in [-0.2, -0.15) is 5.10 Å². The maximum absolute atomic E-state index is 13.2. The lowest BCUT2D eigenvalue weighted by Gasteiger charge is -2.10. The summed E-state index contributed by atoms with van der Waals surface area (Å²) in [5.74, 6) is -0.472. The van der Waals surface area contributed by atoms with Crippen molar-refractivity contribution in [3.63, 3.8) is 0 Å². The molecule has 2 heterocycles. The van der Waals surface area contributed by atoms with Gasteiger partial charge >= 0.3 is 0 Å². The van der Waals surface area contributed by atoms with Crippen molar-refractivity contribution in [3.8, 4) is 0 Å². The third-order valence-electron chi connectivity index (χ3n) is 2.85. The number of hydrogen-bond acceptors (Lipinski definition) is 4. The molecule has 1 amide bonds. The van der Waals surface area contributed by atoms with Crippen molar-refractivity contribution in [1.82, 2.24) is 20.1 Å². The Labute approximate surface area is 122 Å². The van der Waals surface area contributed by atoms with Crippen LogP contribution in [0.15, 0.2) is 30.7 Å². The van der Waals surface area contributed by atoms with Gasteiger partial charge in [-0.25, -0.2) is 9.37 Å². The smallest absolute Gasteiger partial charge is 0.255 e. The molecule has 2 aromatic heterocycles. The Morgan fingerprint density at radius 3 is 3.05 bits per heavy atom. The molecule has 2 rings (SSSR count). The van der Waals surface area contributed by atoms with Crippen LogP contribution in [0.5, 0.6) is 0 Å². The summed E-state index contributed by atoms with van der Waals surface area (Å²) in [6.45, 7) is 3.70. The van der Waals surface area contributed by atoms with Crippen LogP contribution in [0.1, 0.15) is 23.7 Å². The van der Waals surface area contributed by atoms with Crippen molar-refractivity contribution in [1.29, 1.82) is 0 Å². The number of rotatable bonds is 7. The van der Waals surface area contributed by atoms with Crippen molar-refractivity contribution < 1.29 is 9.18 Å². The van der Waals surface area contributed by atoms with Crippen LogP contribution >= 0.6 is 0 Å². The number of nitrogens with zero attached hydrogens (tertiary/aromatic N) is 3. The van der Waals surface area contributed by atoms with Crippen LogP contribution in [0.25, 0.3) is 0 Å². The van der Waals surface area contributed by atoms with Crippen molar-refractivity contribution >= 4 is 11.7 Å².